The highest BCUT2D eigenvalue weighted by Crippen LogP contribution is 2.17. The van der Waals surface area contributed by atoms with Crippen molar-refractivity contribution in [2.24, 2.45) is 5.92 Å². The van der Waals surface area contributed by atoms with Crippen LogP contribution in [0.15, 0.2) is 12.1 Å². The summed E-state index contributed by atoms with van der Waals surface area (Å²) < 4.78 is 5.36. The largest absolute Gasteiger partial charge is 0.381 e. The van der Waals surface area contributed by atoms with E-state index in [4.69, 9.17) is 4.74 Å². The third kappa shape index (κ3) is 3.58. The summed E-state index contributed by atoms with van der Waals surface area (Å²) in [6.07, 6.45) is 3.60. The zero-order valence-electron chi connectivity index (χ0n) is 10.00. The van der Waals surface area contributed by atoms with E-state index in [1.807, 2.05) is 11.3 Å². The summed E-state index contributed by atoms with van der Waals surface area (Å²) in [6.45, 7) is 6.28. The Labute approximate surface area is 102 Å². The molecule has 1 aromatic rings. The predicted molar refractivity (Wildman–Crippen MR) is 68.9 cm³/mol. The Kier molecular flexibility index (Phi) is 4.82. The molecule has 0 aliphatic carbocycles. The Balaban J connectivity index is 1.66. The van der Waals surface area contributed by atoms with Crippen molar-refractivity contribution in [1.82, 2.24) is 5.32 Å². The number of nitrogens with one attached hydrogen (secondary N) is 1. The van der Waals surface area contributed by atoms with Crippen LogP contribution in [0.4, 0.5) is 0 Å². The monoisotopic (exact) mass is 239 g/mol. The number of aryl methyl sites for hydroxylation is 1. The van der Waals surface area contributed by atoms with Gasteiger partial charge in [0.2, 0.25) is 0 Å². The van der Waals surface area contributed by atoms with Crippen LogP contribution >= 0.6 is 11.3 Å². The molecule has 2 nitrogen and oxygen atoms in total. The molecule has 2 heterocycles. The van der Waals surface area contributed by atoms with Crippen LogP contribution in [0.25, 0.3) is 0 Å². The number of hydrogen-bond acceptors (Lipinski definition) is 3. The van der Waals surface area contributed by atoms with Crippen molar-refractivity contribution in [3.8, 4) is 0 Å². The van der Waals surface area contributed by atoms with E-state index in [0.717, 1.165) is 38.6 Å². The molecule has 0 spiro atoms. The van der Waals surface area contributed by atoms with E-state index < -0.39 is 0 Å². The van der Waals surface area contributed by atoms with Crippen LogP contribution in [0.2, 0.25) is 0 Å². The molecule has 3 heteroatoms. The molecule has 1 N–H and O–H groups in total. The van der Waals surface area contributed by atoms with Crippen LogP contribution < -0.4 is 5.32 Å². The number of rotatable bonds is 5. The first kappa shape index (κ1) is 12.1. The molecule has 0 aromatic carbocycles. The zero-order valence-corrected chi connectivity index (χ0v) is 10.8. The van der Waals surface area contributed by atoms with Crippen LogP contribution in [0.3, 0.4) is 0 Å². The van der Waals surface area contributed by atoms with Gasteiger partial charge in [-0.25, -0.2) is 0 Å². The average molecular weight is 239 g/mol. The van der Waals surface area contributed by atoms with Crippen molar-refractivity contribution in [2.75, 3.05) is 19.8 Å². The molecule has 1 fully saturated rings. The van der Waals surface area contributed by atoms with E-state index in [1.165, 1.54) is 22.6 Å². The number of ether oxygens (including phenoxy) is 1. The molecule has 1 aliphatic heterocycles. The summed E-state index contributed by atoms with van der Waals surface area (Å²) in [5.74, 6) is 0.819. The van der Waals surface area contributed by atoms with E-state index in [0.29, 0.717) is 0 Å². The van der Waals surface area contributed by atoms with Crippen LogP contribution in [-0.4, -0.2) is 19.8 Å². The van der Waals surface area contributed by atoms with Crippen LogP contribution in [0.1, 0.15) is 29.5 Å². The molecule has 0 saturated carbocycles. The van der Waals surface area contributed by atoms with E-state index in [1.54, 1.807) is 0 Å². The molecule has 0 amide bonds. The lowest BCUT2D eigenvalue weighted by Gasteiger charge is -2.22. The summed E-state index contributed by atoms with van der Waals surface area (Å²) >= 11 is 1.93. The fourth-order valence-electron chi connectivity index (χ4n) is 2.06. The van der Waals surface area contributed by atoms with Crippen molar-refractivity contribution in [3.63, 3.8) is 0 Å². The second-order valence-corrected chi connectivity index (χ2v) is 5.66. The van der Waals surface area contributed by atoms with Crippen molar-refractivity contribution >= 4 is 11.3 Å². The molecule has 1 aromatic heterocycles. The summed E-state index contributed by atoms with van der Waals surface area (Å²) in [5.41, 5.74) is 0. The lowest BCUT2D eigenvalue weighted by Crippen LogP contribution is -2.27. The Morgan fingerprint density at radius 2 is 2.06 bits per heavy atom. The Hall–Kier alpha value is -0.380. The SMILES string of the molecule is CCc1ccc(CNCC2CCOCC2)s1. The number of thiophene rings is 1. The third-order valence-corrected chi connectivity index (χ3v) is 4.37. The summed E-state index contributed by atoms with van der Waals surface area (Å²) in [4.78, 5) is 2.95. The van der Waals surface area contributed by atoms with Gasteiger partial charge in [0.05, 0.1) is 0 Å². The first-order valence-electron chi connectivity index (χ1n) is 6.24. The minimum absolute atomic E-state index is 0.819. The normalized spacial score (nSPS) is 17.8. The molecule has 2 rings (SSSR count). The lowest BCUT2D eigenvalue weighted by molar-refractivity contribution is 0.0662. The van der Waals surface area contributed by atoms with E-state index in [9.17, 15) is 0 Å². The number of hydrogen-bond donors (Lipinski definition) is 1. The molecule has 1 saturated heterocycles. The third-order valence-electron chi connectivity index (χ3n) is 3.14. The summed E-state index contributed by atoms with van der Waals surface area (Å²) in [7, 11) is 0. The van der Waals surface area contributed by atoms with E-state index >= 15 is 0 Å². The van der Waals surface area contributed by atoms with Gasteiger partial charge in [0.15, 0.2) is 0 Å². The standard InChI is InChI=1S/C13H21NOS/c1-2-12-3-4-13(16-12)10-14-9-11-5-7-15-8-6-11/h3-4,11,14H,2,5-10H2,1H3. The Bertz CT molecular complexity index is 305. The molecule has 0 unspecified atom stereocenters. The predicted octanol–water partition coefficient (Wildman–Crippen LogP) is 2.83. The molecule has 1 aliphatic rings. The van der Waals surface area contributed by atoms with Gasteiger partial charge in [0, 0.05) is 29.5 Å². The molecule has 0 atom stereocenters. The van der Waals surface area contributed by atoms with Crippen molar-refractivity contribution < 1.29 is 4.74 Å². The molecular weight excluding hydrogens is 218 g/mol. The van der Waals surface area contributed by atoms with Crippen LogP contribution in [0.5, 0.6) is 0 Å². The van der Waals surface area contributed by atoms with Crippen LogP contribution in [0, 0.1) is 5.92 Å². The highest BCUT2D eigenvalue weighted by atomic mass is 32.1. The fourth-order valence-corrected chi connectivity index (χ4v) is 2.98. The molecule has 0 bridgehead atoms. The Morgan fingerprint density at radius 3 is 2.75 bits per heavy atom. The minimum atomic E-state index is 0.819. The maximum Gasteiger partial charge on any atom is 0.0469 e. The zero-order chi connectivity index (χ0) is 11.2. The van der Waals surface area contributed by atoms with Gasteiger partial charge in [-0.15, -0.1) is 11.3 Å². The summed E-state index contributed by atoms with van der Waals surface area (Å²) in [6, 6.07) is 4.50. The lowest BCUT2D eigenvalue weighted by atomic mass is 10.0. The van der Waals surface area contributed by atoms with Gasteiger partial charge in [-0.05, 0) is 43.9 Å². The van der Waals surface area contributed by atoms with Crippen molar-refractivity contribution in [2.45, 2.75) is 32.7 Å². The van der Waals surface area contributed by atoms with Gasteiger partial charge in [0.25, 0.3) is 0 Å². The first-order chi connectivity index (χ1) is 7.88. The van der Waals surface area contributed by atoms with Gasteiger partial charge in [-0.3, -0.25) is 0 Å². The maximum atomic E-state index is 5.36. The van der Waals surface area contributed by atoms with Gasteiger partial charge >= 0.3 is 0 Å². The van der Waals surface area contributed by atoms with Gasteiger partial charge in [-0.2, -0.15) is 0 Å². The first-order valence-corrected chi connectivity index (χ1v) is 7.06. The van der Waals surface area contributed by atoms with Gasteiger partial charge < -0.3 is 10.1 Å². The van der Waals surface area contributed by atoms with E-state index in [2.05, 4.69) is 24.4 Å². The molecular formula is C13H21NOS. The fraction of sp³-hybridized carbons (Fsp3) is 0.692. The topological polar surface area (TPSA) is 21.3 Å². The smallest absolute Gasteiger partial charge is 0.0469 e. The second-order valence-electron chi connectivity index (χ2n) is 4.41. The molecule has 16 heavy (non-hydrogen) atoms. The minimum Gasteiger partial charge on any atom is -0.381 e. The van der Waals surface area contributed by atoms with Crippen molar-refractivity contribution in [3.05, 3.63) is 21.9 Å². The van der Waals surface area contributed by atoms with Gasteiger partial charge in [0.1, 0.15) is 0 Å². The van der Waals surface area contributed by atoms with Crippen molar-refractivity contribution in [1.29, 1.82) is 0 Å². The van der Waals surface area contributed by atoms with E-state index in [-0.39, 0.29) is 0 Å². The van der Waals surface area contributed by atoms with Gasteiger partial charge in [-0.1, -0.05) is 6.92 Å². The Morgan fingerprint density at radius 1 is 1.31 bits per heavy atom. The quantitative estimate of drug-likeness (QED) is 0.853. The molecule has 0 radical (unpaired) electrons. The van der Waals surface area contributed by atoms with Crippen LogP contribution in [-0.2, 0) is 17.7 Å². The average Bonchev–Trinajstić information content (AvgIpc) is 2.78. The highest BCUT2D eigenvalue weighted by molar-refractivity contribution is 7.11. The highest BCUT2D eigenvalue weighted by Gasteiger charge is 2.12. The molecule has 90 valence electrons. The summed E-state index contributed by atoms with van der Waals surface area (Å²) in [5, 5.41) is 3.56. The maximum absolute atomic E-state index is 5.36. The second kappa shape index (κ2) is 6.38.